The summed E-state index contributed by atoms with van der Waals surface area (Å²) in [4.78, 5) is 0. The van der Waals surface area contributed by atoms with E-state index < -0.39 is 11.6 Å². The van der Waals surface area contributed by atoms with Crippen LogP contribution in [0.25, 0.3) is 0 Å². The third-order valence-electron chi connectivity index (χ3n) is 2.10. The molecular formula is C10H14F2N2S. The minimum Gasteiger partial charge on any atom is -0.271 e. The molecule has 0 saturated heterocycles. The Morgan fingerprint density at radius 2 is 2.20 bits per heavy atom. The molecule has 0 spiro atoms. The number of halogens is 2. The van der Waals surface area contributed by atoms with Crippen molar-refractivity contribution < 1.29 is 8.78 Å². The molecule has 1 aromatic rings. The number of thioether (sulfide) groups is 1. The number of nitrogens with one attached hydrogen (secondary N) is 1. The Morgan fingerprint density at radius 3 is 2.80 bits per heavy atom. The largest absolute Gasteiger partial charge is 0.271 e. The van der Waals surface area contributed by atoms with Crippen LogP contribution in [-0.4, -0.2) is 18.1 Å². The van der Waals surface area contributed by atoms with Gasteiger partial charge in [0, 0.05) is 11.8 Å². The van der Waals surface area contributed by atoms with Crippen LogP contribution in [0.2, 0.25) is 0 Å². The Kier molecular flexibility index (Phi) is 5.01. The standard InChI is InChI=1S/C10H14F2N2S/c1-15-6-8(14-13)5-7-3-2-4-9(11)10(7)12/h2-4,8,14H,5-6,13H2,1H3. The zero-order valence-electron chi connectivity index (χ0n) is 8.47. The van der Waals surface area contributed by atoms with E-state index in [1.54, 1.807) is 17.8 Å². The molecule has 0 radical (unpaired) electrons. The number of nitrogens with two attached hydrogens (primary N) is 1. The van der Waals surface area contributed by atoms with E-state index in [0.29, 0.717) is 12.0 Å². The summed E-state index contributed by atoms with van der Waals surface area (Å²) in [5, 5.41) is 0. The van der Waals surface area contributed by atoms with Gasteiger partial charge in [0.15, 0.2) is 11.6 Å². The van der Waals surface area contributed by atoms with Crippen molar-refractivity contribution in [1.29, 1.82) is 0 Å². The number of hydrogen-bond donors (Lipinski definition) is 2. The van der Waals surface area contributed by atoms with Crippen LogP contribution in [0.3, 0.4) is 0 Å². The molecule has 0 amide bonds. The summed E-state index contributed by atoms with van der Waals surface area (Å²) in [6, 6.07) is 4.14. The van der Waals surface area contributed by atoms with Crippen LogP contribution in [0.15, 0.2) is 18.2 Å². The lowest BCUT2D eigenvalue weighted by Crippen LogP contribution is -2.38. The van der Waals surface area contributed by atoms with E-state index in [0.717, 1.165) is 11.8 Å². The Hall–Kier alpha value is -0.650. The minimum atomic E-state index is -0.813. The van der Waals surface area contributed by atoms with Gasteiger partial charge >= 0.3 is 0 Å². The van der Waals surface area contributed by atoms with Gasteiger partial charge in [0.1, 0.15) is 0 Å². The second-order valence-corrected chi connectivity index (χ2v) is 4.15. The highest BCUT2D eigenvalue weighted by atomic mass is 32.2. The van der Waals surface area contributed by atoms with E-state index in [-0.39, 0.29) is 6.04 Å². The molecule has 2 nitrogen and oxygen atoms in total. The van der Waals surface area contributed by atoms with Crippen molar-refractivity contribution in [3.63, 3.8) is 0 Å². The highest BCUT2D eigenvalue weighted by molar-refractivity contribution is 7.98. The molecule has 1 rings (SSSR count). The van der Waals surface area contributed by atoms with Crippen molar-refractivity contribution in [3.8, 4) is 0 Å². The zero-order valence-corrected chi connectivity index (χ0v) is 9.28. The summed E-state index contributed by atoms with van der Waals surface area (Å²) in [5.41, 5.74) is 2.94. The summed E-state index contributed by atoms with van der Waals surface area (Å²) >= 11 is 1.60. The Balaban J connectivity index is 2.74. The lowest BCUT2D eigenvalue weighted by atomic mass is 10.1. The Morgan fingerprint density at radius 1 is 1.47 bits per heavy atom. The summed E-state index contributed by atoms with van der Waals surface area (Å²) in [5.74, 6) is 4.48. The predicted octanol–water partition coefficient (Wildman–Crippen LogP) is 1.70. The average Bonchev–Trinajstić information content (AvgIpc) is 2.24. The number of rotatable bonds is 5. The van der Waals surface area contributed by atoms with Gasteiger partial charge in [-0.05, 0) is 24.3 Å². The van der Waals surface area contributed by atoms with Gasteiger partial charge in [-0.2, -0.15) is 11.8 Å². The first-order valence-electron chi connectivity index (χ1n) is 4.57. The highest BCUT2D eigenvalue weighted by Crippen LogP contribution is 2.14. The van der Waals surface area contributed by atoms with Gasteiger partial charge in [0.25, 0.3) is 0 Å². The van der Waals surface area contributed by atoms with Crippen molar-refractivity contribution in [2.75, 3.05) is 12.0 Å². The van der Waals surface area contributed by atoms with E-state index in [4.69, 9.17) is 5.84 Å². The molecule has 0 aliphatic carbocycles. The second kappa shape index (κ2) is 6.05. The second-order valence-electron chi connectivity index (χ2n) is 3.24. The molecule has 5 heteroatoms. The number of hydrogen-bond acceptors (Lipinski definition) is 3. The fourth-order valence-corrected chi connectivity index (χ4v) is 1.96. The molecule has 0 saturated carbocycles. The smallest absolute Gasteiger partial charge is 0.162 e. The van der Waals surface area contributed by atoms with Crippen LogP contribution in [-0.2, 0) is 6.42 Å². The van der Waals surface area contributed by atoms with E-state index in [2.05, 4.69) is 5.43 Å². The molecule has 3 N–H and O–H groups in total. The molecule has 0 aliphatic heterocycles. The first-order valence-corrected chi connectivity index (χ1v) is 5.96. The maximum absolute atomic E-state index is 13.3. The van der Waals surface area contributed by atoms with E-state index in [9.17, 15) is 8.78 Å². The van der Waals surface area contributed by atoms with E-state index in [1.807, 2.05) is 6.26 Å². The molecule has 0 aromatic heterocycles. The lowest BCUT2D eigenvalue weighted by molar-refractivity contribution is 0.486. The number of hydrazine groups is 1. The molecule has 0 bridgehead atoms. The van der Waals surface area contributed by atoms with Gasteiger partial charge in [-0.15, -0.1) is 0 Å². The fourth-order valence-electron chi connectivity index (χ4n) is 1.34. The van der Waals surface area contributed by atoms with Gasteiger partial charge < -0.3 is 0 Å². The Labute approximate surface area is 92.2 Å². The van der Waals surface area contributed by atoms with Crippen molar-refractivity contribution in [2.24, 2.45) is 5.84 Å². The van der Waals surface area contributed by atoms with Crippen LogP contribution in [0.4, 0.5) is 8.78 Å². The number of benzene rings is 1. The quantitative estimate of drug-likeness (QED) is 0.599. The molecule has 84 valence electrons. The summed E-state index contributed by atoms with van der Waals surface area (Å²) < 4.78 is 26.2. The van der Waals surface area contributed by atoms with Crippen molar-refractivity contribution in [2.45, 2.75) is 12.5 Å². The molecule has 1 atom stereocenters. The molecule has 0 fully saturated rings. The highest BCUT2D eigenvalue weighted by Gasteiger charge is 2.12. The molecule has 0 aliphatic rings. The molecule has 0 heterocycles. The zero-order chi connectivity index (χ0) is 11.3. The van der Waals surface area contributed by atoms with Gasteiger partial charge in [-0.25, -0.2) is 8.78 Å². The summed E-state index contributed by atoms with van der Waals surface area (Å²) in [6.45, 7) is 0. The lowest BCUT2D eigenvalue weighted by Gasteiger charge is -2.14. The summed E-state index contributed by atoms with van der Waals surface area (Å²) in [6.07, 6.45) is 2.33. The van der Waals surface area contributed by atoms with Gasteiger partial charge in [0.2, 0.25) is 0 Å². The third kappa shape index (κ3) is 3.44. The first-order chi connectivity index (χ1) is 7.19. The van der Waals surface area contributed by atoms with Crippen molar-refractivity contribution in [3.05, 3.63) is 35.4 Å². The predicted molar refractivity (Wildman–Crippen MR) is 59.6 cm³/mol. The maximum atomic E-state index is 13.3. The molecule has 15 heavy (non-hydrogen) atoms. The summed E-state index contributed by atoms with van der Waals surface area (Å²) in [7, 11) is 0. The van der Waals surface area contributed by atoms with Crippen LogP contribution >= 0.6 is 11.8 Å². The van der Waals surface area contributed by atoms with E-state index >= 15 is 0 Å². The van der Waals surface area contributed by atoms with Crippen LogP contribution in [0.1, 0.15) is 5.56 Å². The monoisotopic (exact) mass is 232 g/mol. The SMILES string of the molecule is CSCC(Cc1cccc(F)c1F)NN. The third-order valence-corrected chi connectivity index (χ3v) is 2.84. The first kappa shape index (κ1) is 12.4. The topological polar surface area (TPSA) is 38.0 Å². The molecular weight excluding hydrogens is 218 g/mol. The Bertz CT molecular complexity index is 320. The normalized spacial score (nSPS) is 12.8. The van der Waals surface area contributed by atoms with Gasteiger partial charge in [-0.3, -0.25) is 11.3 Å². The van der Waals surface area contributed by atoms with Gasteiger partial charge in [-0.1, -0.05) is 12.1 Å². The van der Waals surface area contributed by atoms with Crippen molar-refractivity contribution >= 4 is 11.8 Å². The minimum absolute atomic E-state index is 0.0451. The fraction of sp³-hybridized carbons (Fsp3) is 0.400. The van der Waals surface area contributed by atoms with Crippen molar-refractivity contribution in [1.82, 2.24) is 5.43 Å². The van der Waals surface area contributed by atoms with Crippen LogP contribution < -0.4 is 11.3 Å². The van der Waals surface area contributed by atoms with Crippen LogP contribution in [0, 0.1) is 11.6 Å². The molecule has 1 unspecified atom stereocenters. The average molecular weight is 232 g/mol. The van der Waals surface area contributed by atoms with Gasteiger partial charge in [0.05, 0.1) is 0 Å². The molecule has 1 aromatic carbocycles. The van der Waals surface area contributed by atoms with Crippen LogP contribution in [0.5, 0.6) is 0 Å². The van der Waals surface area contributed by atoms with E-state index in [1.165, 1.54) is 6.07 Å². The maximum Gasteiger partial charge on any atom is 0.162 e.